The molecule has 8 nitrogen and oxygen atoms in total. The number of nitrogens with zero attached hydrogens (tertiary/aromatic N) is 2. The molecule has 0 amide bonds. The zero-order valence-electron chi connectivity index (χ0n) is 18.4. The number of furan rings is 1. The predicted octanol–water partition coefficient (Wildman–Crippen LogP) is 4.82. The third-order valence-corrected chi connectivity index (χ3v) is 5.12. The third kappa shape index (κ3) is 5.12. The molecule has 0 spiro atoms. The maximum atomic E-state index is 10.7. The van der Waals surface area contributed by atoms with Gasteiger partial charge in [-0.1, -0.05) is 42.5 Å². The van der Waals surface area contributed by atoms with E-state index in [9.17, 15) is 4.79 Å². The van der Waals surface area contributed by atoms with Crippen LogP contribution in [-0.2, 0) is 9.53 Å². The molecule has 2 heterocycles. The van der Waals surface area contributed by atoms with Crippen LogP contribution in [-0.4, -0.2) is 47.5 Å². The first-order valence-corrected chi connectivity index (χ1v) is 10.5. The van der Waals surface area contributed by atoms with Crippen LogP contribution in [0.4, 0.5) is 0 Å². The van der Waals surface area contributed by atoms with E-state index in [1.807, 2.05) is 54.6 Å². The molecule has 4 rings (SSSR count). The van der Waals surface area contributed by atoms with Gasteiger partial charge in [0.1, 0.15) is 29.8 Å². The fourth-order valence-corrected chi connectivity index (χ4v) is 3.46. The van der Waals surface area contributed by atoms with Crippen molar-refractivity contribution < 1.29 is 28.5 Å². The van der Waals surface area contributed by atoms with Gasteiger partial charge < -0.3 is 23.7 Å². The van der Waals surface area contributed by atoms with Crippen LogP contribution in [0.1, 0.15) is 13.3 Å². The summed E-state index contributed by atoms with van der Waals surface area (Å²) in [5.74, 6) is 0.800. The van der Waals surface area contributed by atoms with Gasteiger partial charge in [-0.2, -0.15) is 0 Å². The lowest BCUT2D eigenvalue weighted by molar-refractivity contribution is -0.144. The summed E-state index contributed by atoms with van der Waals surface area (Å²) in [6.45, 7) is 1.75. The molecule has 8 heteroatoms. The van der Waals surface area contributed by atoms with Gasteiger partial charge in [-0.3, -0.25) is 0 Å². The molecular formula is C25H24N2O6. The van der Waals surface area contributed by atoms with Gasteiger partial charge in [0.25, 0.3) is 0 Å². The Morgan fingerprint density at radius 3 is 2.52 bits per heavy atom. The zero-order chi connectivity index (χ0) is 23.2. The summed E-state index contributed by atoms with van der Waals surface area (Å²) in [6, 6.07) is 17.5. The maximum absolute atomic E-state index is 10.7. The molecule has 0 aliphatic carbocycles. The standard InChI is InChI=1S/C25H24N2O6/c1-16(32-14-20(28)29)12-13-31-24-22-21(17-8-10-19(30-2)11-9-17)23(18-6-4-3-5-7-18)33-25(22)27-15-26-24/h3-11,15-16H,12-14H2,1-2H3,(H,28,29). The number of carbonyl (C=O) groups is 1. The number of hydrogen-bond donors (Lipinski definition) is 1. The van der Waals surface area contributed by atoms with E-state index in [1.54, 1.807) is 14.0 Å². The third-order valence-electron chi connectivity index (χ3n) is 5.12. The number of methoxy groups -OCH3 is 1. The largest absolute Gasteiger partial charge is 0.497 e. The quantitative estimate of drug-likeness (QED) is 0.368. The lowest BCUT2D eigenvalue weighted by Gasteiger charge is -2.12. The molecule has 2 aromatic carbocycles. The Balaban J connectivity index is 1.71. The Morgan fingerprint density at radius 1 is 1.06 bits per heavy atom. The van der Waals surface area contributed by atoms with E-state index in [-0.39, 0.29) is 12.7 Å². The van der Waals surface area contributed by atoms with Crippen LogP contribution in [0.2, 0.25) is 0 Å². The summed E-state index contributed by atoms with van der Waals surface area (Å²) in [7, 11) is 1.62. The normalized spacial score (nSPS) is 11.9. The number of aliphatic carboxylic acids is 1. The fourth-order valence-electron chi connectivity index (χ4n) is 3.46. The van der Waals surface area contributed by atoms with Gasteiger partial charge >= 0.3 is 5.97 Å². The van der Waals surface area contributed by atoms with Crippen molar-refractivity contribution in [3.63, 3.8) is 0 Å². The summed E-state index contributed by atoms with van der Waals surface area (Å²) in [5, 5.41) is 9.43. The number of hydrogen-bond acceptors (Lipinski definition) is 7. The van der Waals surface area contributed by atoms with Gasteiger partial charge in [-0.05, 0) is 24.6 Å². The molecule has 1 atom stereocenters. The minimum atomic E-state index is -1.00. The molecule has 2 aromatic heterocycles. The van der Waals surface area contributed by atoms with E-state index in [0.717, 1.165) is 22.4 Å². The van der Waals surface area contributed by atoms with E-state index in [2.05, 4.69) is 9.97 Å². The molecular weight excluding hydrogens is 424 g/mol. The summed E-state index contributed by atoms with van der Waals surface area (Å²) in [6.07, 6.45) is 1.63. The monoisotopic (exact) mass is 448 g/mol. The van der Waals surface area contributed by atoms with Crippen molar-refractivity contribution in [1.82, 2.24) is 9.97 Å². The van der Waals surface area contributed by atoms with Crippen molar-refractivity contribution in [1.29, 1.82) is 0 Å². The Labute approximate surface area is 190 Å². The molecule has 0 saturated carbocycles. The number of carboxylic acids is 1. The van der Waals surface area contributed by atoms with E-state index >= 15 is 0 Å². The van der Waals surface area contributed by atoms with Crippen LogP contribution >= 0.6 is 0 Å². The topological polar surface area (TPSA) is 104 Å². The lowest BCUT2D eigenvalue weighted by Crippen LogP contribution is -2.17. The second-order valence-corrected chi connectivity index (χ2v) is 7.41. The Bertz CT molecular complexity index is 1220. The van der Waals surface area contributed by atoms with Crippen molar-refractivity contribution in [2.45, 2.75) is 19.4 Å². The van der Waals surface area contributed by atoms with Gasteiger partial charge in [0.05, 0.1) is 19.8 Å². The summed E-state index contributed by atoms with van der Waals surface area (Å²) in [4.78, 5) is 19.4. The molecule has 4 aromatic rings. The molecule has 1 N–H and O–H groups in total. The number of aromatic nitrogens is 2. The number of fused-ring (bicyclic) bond motifs is 1. The first-order valence-electron chi connectivity index (χ1n) is 10.5. The van der Waals surface area contributed by atoms with E-state index in [1.165, 1.54) is 6.33 Å². The van der Waals surface area contributed by atoms with Gasteiger partial charge in [-0.25, -0.2) is 14.8 Å². The fraction of sp³-hybridized carbons (Fsp3) is 0.240. The maximum Gasteiger partial charge on any atom is 0.329 e. The van der Waals surface area contributed by atoms with Crippen LogP contribution in [0, 0.1) is 0 Å². The van der Waals surface area contributed by atoms with Gasteiger partial charge in [0.15, 0.2) is 0 Å². The number of ether oxygens (including phenoxy) is 3. The first kappa shape index (κ1) is 22.3. The Kier molecular flexibility index (Phi) is 6.85. The van der Waals surface area contributed by atoms with Crippen LogP contribution in [0.15, 0.2) is 65.3 Å². The molecule has 0 aliphatic rings. The molecule has 170 valence electrons. The minimum absolute atomic E-state index is 0.274. The molecule has 0 aliphatic heterocycles. The number of rotatable bonds is 10. The lowest BCUT2D eigenvalue weighted by atomic mass is 9.99. The summed E-state index contributed by atoms with van der Waals surface area (Å²) >= 11 is 0. The smallest absolute Gasteiger partial charge is 0.329 e. The minimum Gasteiger partial charge on any atom is -0.497 e. The van der Waals surface area contributed by atoms with Crippen molar-refractivity contribution in [3.8, 4) is 34.1 Å². The van der Waals surface area contributed by atoms with E-state index in [0.29, 0.717) is 35.8 Å². The van der Waals surface area contributed by atoms with Gasteiger partial charge in [0, 0.05) is 17.5 Å². The first-order chi connectivity index (χ1) is 16.1. The number of carboxylic acid groups (broad SMARTS) is 1. The van der Waals surface area contributed by atoms with Gasteiger partial charge in [0.2, 0.25) is 11.6 Å². The average molecular weight is 448 g/mol. The molecule has 0 saturated heterocycles. The Hall–Kier alpha value is -3.91. The molecule has 0 fully saturated rings. The summed E-state index contributed by atoms with van der Waals surface area (Å²) in [5.41, 5.74) is 3.05. The highest BCUT2D eigenvalue weighted by Gasteiger charge is 2.23. The van der Waals surface area contributed by atoms with Gasteiger partial charge in [-0.15, -0.1) is 0 Å². The molecule has 0 bridgehead atoms. The van der Waals surface area contributed by atoms with Crippen LogP contribution in [0.5, 0.6) is 11.6 Å². The highest BCUT2D eigenvalue weighted by molar-refractivity contribution is 6.03. The molecule has 0 radical (unpaired) electrons. The van der Waals surface area contributed by atoms with Crippen molar-refractivity contribution in [3.05, 3.63) is 60.9 Å². The molecule has 33 heavy (non-hydrogen) atoms. The van der Waals surface area contributed by atoms with E-state index < -0.39 is 5.97 Å². The zero-order valence-corrected chi connectivity index (χ0v) is 18.4. The Morgan fingerprint density at radius 2 is 1.82 bits per heavy atom. The van der Waals surface area contributed by atoms with Crippen molar-refractivity contribution in [2.24, 2.45) is 0 Å². The second-order valence-electron chi connectivity index (χ2n) is 7.41. The average Bonchev–Trinajstić information content (AvgIpc) is 3.24. The summed E-state index contributed by atoms with van der Waals surface area (Å²) < 4.78 is 22.7. The van der Waals surface area contributed by atoms with Crippen molar-refractivity contribution >= 4 is 17.1 Å². The van der Waals surface area contributed by atoms with Crippen LogP contribution < -0.4 is 9.47 Å². The second kappa shape index (κ2) is 10.1. The van der Waals surface area contributed by atoms with Crippen LogP contribution in [0.25, 0.3) is 33.6 Å². The highest BCUT2D eigenvalue weighted by Crippen LogP contribution is 2.43. The molecule has 1 unspecified atom stereocenters. The van der Waals surface area contributed by atoms with Crippen LogP contribution in [0.3, 0.4) is 0 Å². The predicted molar refractivity (Wildman–Crippen MR) is 122 cm³/mol. The van der Waals surface area contributed by atoms with E-state index in [4.69, 9.17) is 23.7 Å². The highest BCUT2D eigenvalue weighted by atomic mass is 16.5. The SMILES string of the molecule is COc1ccc(-c2c(-c3ccccc3)oc3ncnc(OCCC(C)OCC(=O)O)c23)cc1. The van der Waals surface area contributed by atoms with Crippen molar-refractivity contribution in [2.75, 3.05) is 20.3 Å². The number of benzene rings is 2.